The Labute approximate surface area is 114 Å². The fourth-order valence-electron chi connectivity index (χ4n) is 2.55. The lowest BCUT2D eigenvalue weighted by Crippen LogP contribution is -2.48. The van der Waals surface area contributed by atoms with E-state index in [1.165, 1.54) is 0 Å². The first-order valence-electron chi connectivity index (χ1n) is 7.24. The normalized spacial score (nSPS) is 21.1. The summed E-state index contributed by atoms with van der Waals surface area (Å²) in [5.74, 6) is 0.423. The molecular weight excluding hydrogens is 244 g/mol. The Bertz CT molecular complexity index is 292. The highest BCUT2D eigenvalue weighted by atomic mass is 16.2. The Morgan fingerprint density at radius 1 is 0.789 bits per heavy atom. The first-order chi connectivity index (χ1) is 9.27. The lowest BCUT2D eigenvalue weighted by molar-refractivity contribution is -0.132. The molecule has 0 saturated carbocycles. The van der Waals surface area contributed by atoms with Crippen molar-refractivity contribution in [3.05, 3.63) is 0 Å². The fourth-order valence-corrected chi connectivity index (χ4v) is 2.55. The SMILES string of the molecule is O=C1CNCCN1CCCCCN1CCNCC1=O. The van der Waals surface area contributed by atoms with E-state index in [1.807, 2.05) is 9.80 Å². The minimum Gasteiger partial charge on any atom is -0.340 e. The molecule has 0 radical (unpaired) electrons. The first-order valence-corrected chi connectivity index (χ1v) is 7.24. The van der Waals surface area contributed by atoms with Gasteiger partial charge in [-0.1, -0.05) is 0 Å². The van der Waals surface area contributed by atoms with E-state index in [1.54, 1.807) is 0 Å². The summed E-state index contributed by atoms with van der Waals surface area (Å²) in [5.41, 5.74) is 0. The van der Waals surface area contributed by atoms with E-state index >= 15 is 0 Å². The van der Waals surface area contributed by atoms with Gasteiger partial charge in [0.25, 0.3) is 0 Å². The molecule has 2 amide bonds. The second-order valence-electron chi connectivity index (χ2n) is 5.18. The summed E-state index contributed by atoms with van der Waals surface area (Å²) in [6, 6.07) is 0. The van der Waals surface area contributed by atoms with Crippen LogP contribution in [0.15, 0.2) is 0 Å². The smallest absolute Gasteiger partial charge is 0.236 e. The number of nitrogens with zero attached hydrogens (tertiary/aromatic N) is 2. The van der Waals surface area contributed by atoms with Crippen LogP contribution in [0.2, 0.25) is 0 Å². The first kappa shape index (κ1) is 14.3. The molecule has 0 spiro atoms. The number of amides is 2. The molecule has 2 fully saturated rings. The maximum absolute atomic E-state index is 11.6. The van der Waals surface area contributed by atoms with Crippen LogP contribution in [0, 0.1) is 0 Å². The van der Waals surface area contributed by atoms with Crippen molar-refractivity contribution in [1.29, 1.82) is 0 Å². The number of hydrogen-bond donors (Lipinski definition) is 2. The quantitative estimate of drug-likeness (QED) is 0.608. The van der Waals surface area contributed by atoms with Gasteiger partial charge in [0.15, 0.2) is 0 Å². The standard InChI is InChI=1S/C13H24N4O2/c18-12-10-14-4-8-16(12)6-2-1-3-7-17-9-5-15-11-13(17)19/h14-15H,1-11H2. The number of carbonyl (C=O) groups excluding carboxylic acids is 2. The van der Waals surface area contributed by atoms with E-state index < -0.39 is 0 Å². The molecule has 0 unspecified atom stereocenters. The maximum atomic E-state index is 11.6. The van der Waals surface area contributed by atoms with Crippen molar-refractivity contribution in [3.8, 4) is 0 Å². The van der Waals surface area contributed by atoms with Crippen molar-refractivity contribution in [2.75, 3.05) is 52.4 Å². The molecule has 2 N–H and O–H groups in total. The van der Waals surface area contributed by atoms with Gasteiger partial charge in [0.2, 0.25) is 11.8 Å². The lowest BCUT2D eigenvalue weighted by atomic mass is 10.2. The Kier molecular flexibility index (Phi) is 5.60. The topological polar surface area (TPSA) is 64.7 Å². The zero-order chi connectivity index (χ0) is 13.5. The molecule has 2 rings (SSSR count). The third-order valence-corrected chi connectivity index (χ3v) is 3.73. The second-order valence-corrected chi connectivity index (χ2v) is 5.18. The van der Waals surface area contributed by atoms with Crippen LogP contribution in [-0.4, -0.2) is 74.0 Å². The number of nitrogens with one attached hydrogen (secondary N) is 2. The molecule has 0 aromatic carbocycles. The summed E-state index contributed by atoms with van der Waals surface area (Å²) < 4.78 is 0. The predicted octanol–water partition coefficient (Wildman–Crippen LogP) is -0.980. The molecule has 19 heavy (non-hydrogen) atoms. The van der Waals surface area contributed by atoms with Gasteiger partial charge in [-0.25, -0.2) is 0 Å². The maximum Gasteiger partial charge on any atom is 0.236 e. The van der Waals surface area contributed by atoms with Gasteiger partial charge in [0.1, 0.15) is 0 Å². The van der Waals surface area contributed by atoms with Crippen molar-refractivity contribution in [3.63, 3.8) is 0 Å². The van der Waals surface area contributed by atoms with Crippen LogP contribution in [0.25, 0.3) is 0 Å². The number of hydrogen-bond acceptors (Lipinski definition) is 4. The van der Waals surface area contributed by atoms with E-state index in [9.17, 15) is 9.59 Å². The highest BCUT2D eigenvalue weighted by Crippen LogP contribution is 2.04. The summed E-state index contributed by atoms with van der Waals surface area (Å²) >= 11 is 0. The molecule has 0 aliphatic carbocycles. The largest absolute Gasteiger partial charge is 0.340 e. The van der Waals surface area contributed by atoms with Crippen LogP contribution in [0.3, 0.4) is 0 Å². The van der Waals surface area contributed by atoms with Crippen LogP contribution in [0.4, 0.5) is 0 Å². The second kappa shape index (κ2) is 7.45. The van der Waals surface area contributed by atoms with Crippen molar-refractivity contribution >= 4 is 11.8 Å². The van der Waals surface area contributed by atoms with Crippen molar-refractivity contribution < 1.29 is 9.59 Å². The molecule has 2 heterocycles. The molecule has 0 aromatic heterocycles. The minimum absolute atomic E-state index is 0.212. The minimum atomic E-state index is 0.212. The van der Waals surface area contributed by atoms with Gasteiger partial charge in [-0.3, -0.25) is 9.59 Å². The highest BCUT2D eigenvalue weighted by Gasteiger charge is 2.18. The molecule has 6 nitrogen and oxygen atoms in total. The molecule has 0 atom stereocenters. The van der Waals surface area contributed by atoms with E-state index in [4.69, 9.17) is 0 Å². The van der Waals surface area contributed by atoms with Gasteiger partial charge in [0.05, 0.1) is 13.1 Å². The van der Waals surface area contributed by atoms with Crippen LogP contribution in [0.5, 0.6) is 0 Å². The number of unbranched alkanes of at least 4 members (excludes halogenated alkanes) is 2. The van der Waals surface area contributed by atoms with Crippen molar-refractivity contribution in [2.45, 2.75) is 19.3 Å². The Hall–Kier alpha value is -1.14. The summed E-state index contributed by atoms with van der Waals surface area (Å²) in [5, 5.41) is 6.15. The Balaban J connectivity index is 1.54. The van der Waals surface area contributed by atoms with Crippen molar-refractivity contribution in [1.82, 2.24) is 20.4 Å². The molecule has 0 bridgehead atoms. The van der Waals surface area contributed by atoms with E-state index in [-0.39, 0.29) is 11.8 Å². The molecule has 2 aliphatic heterocycles. The average Bonchev–Trinajstić information content (AvgIpc) is 2.42. The van der Waals surface area contributed by atoms with Gasteiger partial charge >= 0.3 is 0 Å². The van der Waals surface area contributed by atoms with Gasteiger partial charge in [-0.05, 0) is 19.3 Å². The third-order valence-electron chi connectivity index (χ3n) is 3.73. The molecule has 6 heteroatoms. The summed E-state index contributed by atoms with van der Waals surface area (Å²) in [6.07, 6.45) is 3.15. The van der Waals surface area contributed by atoms with Crippen LogP contribution in [-0.2, 0) is 9.59 Å². The molecule has 2 saturated heterocycles. The number of piperazine rings is 2. The summed E-state index contributed by atoms with van der Waals surface area (Å²) in [6.45, 7) is 6.14. The molecular formula is C13H24N4O2. The zero-order valence-corrected chi connectivity index (χ0v) is 11.5. The Morgan fingerprint density at radius 3 is 1.68 bits per heavy atom. The molecule has 2 aliphatic rings. The predicted molar refractivity (Wildman–Crippen MR) is 72.8 cm³/mol. The van der Waals surface area contributed by atoms with Gasteiger partial charge in [0, 0.05) is 39.3 Å². The monoisotopic (exact) mass is 268 g/mol. The van der Waals surface area contributed by atoms with E-state index in [0.717, 1.165) is 58.5 Å². The highest BCUT2D eigenvalue weighted by molar-refractivity contribution is 5.79. The average molecular weight is 268 g/mol. The van der Waals surface area contributed by atoms with E-state index in [0.29, 0.717) is 13.1 Å². The van der Waals surface area contributed by atoms with Crippen LogP contribution < -0.4 is 10.6 Å². The molecule has 108 valence electrons. The molecule has 0 aromatic rings. The third kappa shape index (κ3) is 4.47. The van der Waals surface area contributed by atoms with E-state index in [2.05, 4.69) is 10.6 Å². The van der Waals surface area contributed by atoms with Crippen LogP contribution in [0.1, 0.15) is 19.3 Å². The van der Waals surface area contributed by atoms with Crippen molar-refractivity contribution in [2.24, 2.45) is 0 Å². The number of rotatable bonds is 6. The Morgan fingerprint density at radius 2 is 1.26 bits per heavy atom. The zero-order valence-electron chi connectivity index (χ0n) is 11.5. The van der Waals surface area contributed by atoms with Gasteiger partial charge in [-0.15, -0.1) is 0 Å². The van der Waals surface area contributed by atoms with Crippen LogP contribution >= 0.6 is 0 Å². The van der Waals surface area contributed by atoms with Gasteiger partial charge in [-0.2, -0.15) is 0 Å². The summed E-state index contributed by atoms with van der Waals surface area (Å²) in [4.78, 5) is 27.0. The number of carbonyl (C=O) groups is 2. The van der Waals surface area contributed by atoms with Gasteiger partial charge < -0.3 is 20.4 Å². The summed E-state index contributed by atoms with van der Waals surface area (Å²) in [7, 11) is 0. The lowest BCUT2D eigenvalue weighted by Gasteiger charge is -2.28. The fraction of sp³-hybridized carbons (Fsp3) is 0.846.